The highest BCUT2D eigenvalue weighted by molar-refractivity contribution is 7.70. The maximum absolute atomic E-state index is 14.3. The minimum Gasteiger partial charge on any atom is -0.372 e. The average molecular weight is 759 g/mol. The van der Waals surface area contributed by atoms with Gasteiger partial charge in [-0.25, -0.2) is 0 Å². The molecule has 6 N–H and O–H groups in total. The SMILES string of the molecule is C/C(=C\C(=O)N[C@H]1CCc2cccc3c2N(C1=O)[C@H](C(=O)N[C@@H](CCC(N)=O)[C@@H](C)OCc1ccc(C(C)C)cc1)C3)c1ccc(C(=O)P(=O)(O)O)cc1. The molecule has 3 aromatic carbocycles. The van der Waals surface area contributed by atoms with E-state index in [1.807, 2.05) is 37.3 Å². The average Bonchev–Trinajstić information content (AvgIpc) is 3.47. The second-order valence-corrected chi connectivity index (χ2v) is 15.7. The number of carbonyl (C=O) groups excluding carboxylic acids is 5. The predicted octanol–water partition coefficient (Wildman–Crippen LogP) is 4.28. The van der Waals surface area contributed by atoms with E-state index in [1.54, 1.807) is 6.92 Å². The van der Waals surface area contributed by atoms with Gasteiger partial charge in [0.05, 0.1) is 24.4 Å². The Morgan fingerprint density at radius 3 is 2.26 bits per heavy atom. The molecule has 2 heterocycles. The number of nitrogens with two attached hydrogens (primary N) is 1. The van der Waals surface area contributed by atoms with Crippen LogP contribution in [-0.4, -0.2) is 63.2 Å². The molecule has 54 heavy (non-hydrogen) atoms. The van der Waals surface area contributed by atoms with Crippen LogP contribution in [0.1, 0.15) is 91.1 Å². The molecule has 13 nitrogen and oxygen atoms in total. The first-order valence-electron chi connectivity index (χ1n) is 18.0. The van der Waals surface area contributed by atoms with Crippen LogP contribution in [0, 0.1) is 0 Å². The summed E-state index contributed by atoms with van der Waals surface area (Å²) in [6, 6.07) is 16.8. The number of hydrogen-bond donors (Lipinski definition) is 5. The third-order valence-corrected chi connectivity index (χ3v) is 10.8. The Hall–Kier alpha value is -4.94. The van der Waals surface area contributed by atoms with Gasteiger partial charge in [0, 0.05) is 24.5 Å². The van der Waals surface area contributed by atoms with E-state index in [1.165, 1.54) is 40.8 Å². The van der Waals surface area contributed by atoms with Crippen LogP contribution in [0.4, 0.5) is 5.69 Å². The van der Waals surface area contributed by atoms with Gasteiger partial charge >= 0.3 is 7.60 Å². The van der Waals surface area contributed by atoms with Crippen molar-refractivity contribution in [1.29, 1.82) is 0 Å². The normalized spacial score (nSPS) is 18.1. The fourth-order valence-electron chi connectivity index (χ4n) is 6.86. The van der Waals surface area contributed by atoms with E-state index < -0.39 is 61.0 Å². The minimum absolute atomic E-state index is 0.0239. The predicted molar refractivity (Wildman–Crippen MR) is 203 cm³/mol. The van der Waals surface area contributed by atoms with Gasteiger partial charge in [0.2, 0.25) is 23.6 Å². The number of hydrogen-bond acceptors (Lipinski definition) is 7. The summed E-state index contributed by atoms with van der Waals surface area (Å²) in [5.74, 6) is -1.52. The third kappa shape index (κ3) is 9.58. The fourth-order valence-corrected chi connectivity index (χ4v) is 7.34. The zero-order chi connectivity index (χ0) is 39.3. The Morgan fingerprint density at radius 2 is 1.63 bits per heavy atom. The monoisotopic (exact) mass is 758 g/mol. The number of aryl methyl sites for hydroxylation is 1. The van der Waals surface area contributed by atoms with Gasteiger partial charge in [-0.3, -0.25) is 33.4 Å². The highest BCUT2D eigenvalue weighted by Gasteiger charge is 2.44. The first-order chi connectivity index (χ1) is 25.5. The molecular weight excluding hydrogens is 711 g/mol. The molecule has 2 aliphatic heterocycles. The number of para-hydroxylation sites is 1. The summed E-state index contributed by atoms with van der Waals surface area (Å²) in [5, 5.41) is 5.86. The lowest BCUT2D eigenvalue weighted by atomic mass is 10.0. The largest absolute Gasteiger partial charge is 0.396 e. The maximum atomic E-state index is 14.3. The summed E-state index contributed by atoms with van der Waals surface area (Å²) >= 11 is 0. The Kier molecular flexibility index (Phi) is 12.7. The van der Waals surface area contributed by atoms with Crippen molar-refractivity contribution < 1.29 is 43.1 Å². The molecule has 0 bridgehead atoms. The van der Waals surface area contributed by atoms with Crippen LogP contribution in [0.15, 0.2) is 72.8 Å². The van der Waals surface area contributed by atoms with Crippen LogP contribution in [0.2, 0.25) is 0 Å². The number of anilines is 1. The van der Waals surface area contributed by atoms with Crippen molar-refractivity contribution in [2.45, 2.75) is 96.6 Å². The van der Waals surface area contributed by atoms with Crippen molar-refractivity contribution in [2.75, 3.05) is 4.90 Å². The molecule has 0 unspecified atom stereocenters. The minimum atomic E-state index is -4.94. The lowest BCUT2D eigenvalue weighted by molar-refractivity contribution is -0.129. The zero-order valence-corrected chi connectivity index (χ0v) is 31.7. The molecule has 5 rings (SSSR count). The standard InChI is InChI=1S/C40H47N4O9P/c1-23(2)27-10-8-26(9-11-27)22-53-25(4)32(18-19-35(41)45)43-38(47)34-21-31-7-5-6-29-16-17-33(39(48)44(34)37(29)31)42-36(46)20-24(3)28-12-14-30(15-13-28)40(49)54(50,51)52/h5-15,20,23,25,32-34H,16-19,21-22H2,1-4H3,(H2,41,45)(H,42,46)(H,43,47)(H2,50,51,52)/b24-20+/t25-,32+,33+,34+/m1/s1. The number of nitrogens with one attached hydrogen (secondary N) is 2. The molecule has 14 heteroatoms. The molecule has 0 saturated heterocycles. The van der Waals surface area contributed by atoms with E-state index in [9.17, 15) is 38.3 Å². The van der Waals surface area contributed by atoms with E-state index in [-0.39, 0.29) is 24.8 Å². The number of primary amides is 1. The summed E-state index contributed by atoms with van der Waals surface area (Å²) in [6.45, 7) is 8.01. The molecular formula is C40H47N4O9P. The van der Waals surface area contributed by atoms with E-state index in [4.69, 9.17) is 10.5 Å². The quantitative estimate of drug-likeness (QED) is 0.111. The van der Waals surface area contributed by atoms with Gasteiger partial charge in [0.15, 0.2) is 0 Å². The van der Waals surface area contributed by atoms with Crippen molar-refractivity contribution in [3.05, 3.63) is 106 Å². The molecule has 0 radical (unpaired) electrons. The number of allylic oxidation sites excluding steroid dienone is 1. The molecule has 0 fully saturated rings. The lowest BCUT2D eigenvalue weighted by Crippen LogP contribution is -2.56. The Morgan fingerprint density at radius 1 is 0.981 bits per heavy atom. The van der Waals surface area contributed by atoms with Crippen LogP contribution >= 0.6 is 7.60 Å². The molecule has 3 aromatic rings. The summed E-state index contributed by atoms with van der Waals surface area (Å²) in [4.78, 5) is 85.2. The third-order valence-electron chi connectivity index (χ3n) is 9.98. The molecule has 0 saturated carbocycles. The number of carbonyl (C=O) groups is 5. The van der Waals surface area contributed by atoms with Gasteiger partial charge in [-0.2, -0.15) is 0 Å². The smallest absolute Gasteiger partial charge is 0.372 e. The molecule has 4 amide bonds. The molecule has 0 aromatic heterocycles. The van der Waals surface area contributed by atoms with Crippen LogP contribution in [0.5, 0.6) is 0 Å². The van der Waals surface area contributed by atoms with Crippen LogP contribution in [0.25, 0.3) is 5.57 Å². The van der Waals surface area contributed by atoms with Crippen molar-refractivity contribution in [1.82, 2.24) is 10.6 Å². The first kappa shape index (κ1) is 40.2. The number of ether oxygens (including phenoxy) is 1. The van der Waals surface area contributed by atoms with Crippen molar-refractivity contribution in [3.63, 3.8) is 0 Å². The Bertz CT molecular complexity index is 1990. The molecule has 4 atom stereocenters. The Balaban J connectivity index is 1.30. The molecule has 0 aliphatic carbocycles. The number of nitrogens with zero attached hydrogens (tertiary/aromatic N) is 1. The first-order valence-corrected chi connectivity index (χ1v) is 19.6. The van der Waals surface area contributed by atoms with E-state index >= 15 is 0 Å². The Labute approximate surface area is 314 Å². The molecule has 2 aliphatic rings. The van der Waals surface area contributed by atoms with E-state index in [0.717, 1.165) is 16.7 Å². The molecule has 0 spiro atoms. The number of benzene rings is 3. The zero-order valence-electron chi connectivity index (χ0n) is 30.8. The van der Waals surface area contributed by atoms with Gasteiger partial charge in [0.1, 0.15) is 12.1 Å². The summed E-state index contributed by atoms with van der Waals surface area (Å²) in [7, 11) is -4.94. The van der Waals surface area contributed by atoms with Crippen molar-refractivity contribution in [2.24, 2.45) is 5.73 Å². The highest BCUT2D eigenvalue weighted by atomic mass is 31.2. The summed E-state index contributed by atoms with van der Waals surface area (Å²) in [5.41, 5.74) is 9.60. The van der Waals surface area contributed by atoms with Gasteiger partial charge in [0.25, 0.3) is 5.52 Å². The van der Waals surface area contributed by atoms with E-state index in [2.05, 4.69) is 36.6 Å². The summed E-state index contributed by atoms with van der Waals surface area (Å²) in [6.07, 6.45) is 2.10. The van der Waals surface area contributed by atoms with Crippen molar-refractivity contribution in [3.8, 4) is 0 Å². The van der Waals surface area contributed by atoms with Gasteiger partial charge in [-0.15, -0.1) is 0 Å². The second-order valence-electron chi connectivity index (χ2n) is 14.2. The second kappa shape index (κ2) is 17.0. The van der Waals surface area contributed by atoms with Gasteiger partial charge in [-0.1, -0.05) is 80.6 Å². The fraction of sp³-hybridized carbons (Fsp3) is 0.375. The molecule has 286 valence electrons. The number of rotatable bonds is 15. The van der Waals surface area contributed by atoms with Crippen molar-refractivity contribution >= 4 is 48.0 Å². The topological polar surface area (TPSA) is 205 Å². The van der Waals surface area contributed by atoms with Gasteiger partial charge in [-0.05, 0) is 72.4 Å². The van der Waals surface area contributed by atoms with E-state index in [0.29, 0.717) is 42.2 Å². The van der Waals surface area contributed by atoms with Crippen LogP contribution in [-0.2, 0) is 47.9 Å². The van der Waals surface area contributed by atoms with Gasteiger partial charge < -0.3 is 30.9 Å². The lowest BCUT2D eigenvalue weighted by Gasteiger charge is -2.31. The maximum Gasteiger partial charge on any atom is 0.396 e. The van der Waals surface area contributed by atoms with Crippen LogP contribution in [0.3, 0.4) is 0 Å². The highest BCUT2D eigenvalue weighted by Crippen LogP contribution is 2.40. The summed E-state index contributed by atoms with van der Waals surface area (Å²) < 4.78 is 17.5. The number of amides is 4. The van der Waals surface area contributed by atoms with Crippen LogP contribution < -0.4 is 21.3 Å².